The first-order valence-corrected chi connectivity index (χ1v) is 9.87. The molecule has 5 heteroatoms. The van der Waals surface area contributed by atoms with E-state index in [9.17, 15) is 10.1 Å². The van der Waals surface area contributed by atoms with Gasteiger partial charge in [-0.05, 0) is 49.9 Å². The fourth-order valence-corrected chi connectivity index (χ4v) is 4.45. The van der Waals surface area contributed by atoms with Gasteiger partial charge in [0.05, 0.1) is 35.0 Å². The summed E-state index contributed by atoms with van der Waals surface area (Å²) >= 11 is 0. The van der Waals surface area contributed by atoms with Gasteiger partial charge in [0.1, 0.15) is 0 Å². The summed E-state index contributed by atoms with van der Waals surface area (Å²) in [6.07, 6.45) is 2.09. The van der Waals surface area contributed by atoms with Crippen LogP contribution in [0.5, 0.6) is 0 Å². The van der Waals surface area contributed by atoms with E-state index in [1.54, 1.807) is 6.07 Å². The van der Waals surface area contributed by atoms with Crippen LogP contribution in [-0.4, -0.2) is 25.0 Å². The SMILES string of the molecule is CC1(C)C(=O)N(Cc2ccccc2C#N)c2c(N3CCC[C@@H](N)C3)cccc21. The number of carbonyl (C=O) groups is 1. The van der Waals surface area contributed by atoms with Crippen LogP contribution in [0.25, 0.3) is 0 Å². The van der Waals surface area contributed by atoms with Crippen LogP contribution >= 0.6 is 0 Å². The van der Waals surface area contributed by atoms with Gasteiger partial charge in [-0.25, -0.2) is 0 Å². The highest BCUT2D eigenvalue weighted by atomic mass is 16.2. The number of anilines is 2. The zero-order valence-corrected chi connectivity index (χ0v) is 16.5. The number of nitrogens with two attached hydrogens (primary N) is 1. The number of para-hydroxylation sites is 1. The Hall–Kier alpha value is -2.84. The minimum absolute atomic E-state index is 0.0731. The van der Waals surface area contributed by atoms with E-state index < -0.39 is 5.41 Å². The molecule has 0 saturated carbocycles. The molecule has 1 atom stereocenters. The quantitative estimate of drug-likeness (QED) is 0.894. The van der Waals surface area contributed by atoms with Gasteiger partial charge in [-0.2, -0.15) is 5.26 Å². The zero-order valence-electron chi connectivity index (χ0n) is 16.5. The van der Waals surface area contributed by atoms with E-state index >= 15 is 0 Å². The third kappa shape index (κ3) is 2.94. The summed E-state index contributed by atoms with van der Waals surface area (Å²) < 4.78 is 0. The largest absolute Gasteiger partial charge is 0.368 e. The average molecular weight is 374 g/mol. The predicted octanol–water partition coefficient (Wildman–Crippen LogP) is 3.31. The number of fused-ring (bicyclic) bond motifs is 1. The van der Waals surface area contributed by atoms with E-state index in [2.05, 4.69) is 23.1 Å². The van der Waals surface area contributed by atoms with Crippen LogP contribution in [0, 0.1) is 11.3 Å². The Labute approximate surface area is 166 Å². The van der Waals surface area contributed by atoms with Crippen molar-refractivity contribution in [1.82, 2.24) is 0 Å². The predicted molar refractivity (Wildman–Crippen MR) is 111 cm³/mol. The third-order valence-corrected chi connectivity index (χ3v) is 6.00. The summed E-state index contributed by atoms with van der Waals surface area (Å²) in [6.45, 7) is 6.11. The van der Waals surface area contributed by atoms with Gasteiger partial charge in [-0.1, -0.05) is 30.3 Å². The van der Waals surface area contributed by atoms with Crippen molar-refractivity contribution in [3.8, 4) is 6.07 Å². The van der Waals surface area contributed by atoms with Crippen LogP contribution in [0.4, 0.5) is 11.4 Å². The van der Waals surface area contributed by atoms with E-state index in [-0.39, 0.29) is 11.9 Å². The average Bonchev–Trinajstić information content (AvgIpc) is 2.89. The zero-order chi connectivity index (χ0) is 19.9. The number of rotatable bonds is 3. The number of hydrogen-bond donors (Lipinski definition) is 1. The molecular weight excluding hydrogens is 348 g/mol. The topological polar surface area (TPSA) is 73.4 Å². The minimum Gasteiger partial charge on any atom is -0.368 e. The Morgan fingerprint density at radius 2 is 2.00 bits per heavy atom. The second kappa shape index (κ2) is 6.96. The molecule has 2 aliphatic heterocycles. The summed E-state index contributed by atoms with van der Waals surface area (Å²) in [4.78, 5) is 17.6. The number of benzene rings is 2. The Kier molecular flexibility index (Phi) is 4.60. The normalized spacial score (nSPS) is 20.8. The molecule has 144 valence electrons. The molecule has 5 nitrogen and oxygen atoms in total. The number of hydrogen-bond acceptors (Lipinski definition) is 4. The first-order chi connectivity index (χ1) is 13.4. The van der Waals surface area contributed by atoms with Gasteiger partial charge in [0.25, 0.3) is 0 Å². The van der Waals surface area contributed by atoms with E-state index in [0.29, 0.717) is 12.1 Å². The molecule has 0 bridgehead atoms. The van der Waals surface area contributed by atoms with Crippen molar-refractivity contribution >= 4 is 17.3 Å². The van der Waals surface area contributed by atoms with E-state index in [1.165, 1.54) is 0 Å². The lowest BCUT2D eigenvalue weighted by molar-refractivity contribution is -0.122. The molecule has 0 aliphatic carbocycles. The van der Waals surface area contributed by atoms with Crippen LogP contribution in [0.3, 0.4) is 0 Å². The minimum atomic E-state index is -0.592. The number of carbonyl (C=O) groups excluding carboxylic acids is 1. The van der Waals surface area contributed by atoms with E-state index in [0.717, 1.165) is 48.4 Å². The number of nitrogens with zero attached hydrogens (tertiary/aromatic N) is 3. The monoisotopic (exact) mass is 374 g/mol. The van der Waals surface area contributed by atoms with Gasteiger partial charge in [0, 0.05) is 19.1 Å². The van der Waals surface area contributed by atoms with Gasteiger partial charge in [-0.3, -0.25) is 4.79 Å². The second-order valence-corrected chi connectivity index (χ2v) is 8.31. The van der Waals surface area contributed by atoms with Gasteiger partial charge < -0.3 is 15.5 Å². The first kappa shape index (κ1) is 18.5. The van der Waals surface area contributed by atoms with Crippen molar-refractivity contribution in [1.29, 1.82) is 5.26 Å². The van der Waals surface area contributed by atoms with Gasteiger partial charge in [0.2, 0.25) is 5.91 Å². The Balaban J connectivity index is 1.80. The third-order valence-electron chi connectivity index (χ3n) is 6.00. The molecule has 1 fully saturated rings. The van der Waals surface area contributed by atoms with Crippen molar-refractivity contribution in [2.45, 2.75) is 44.7 Å². The van der Waals surface area contributed by atoms with Crippen molar-refractivity contribution < 1.29 is 4.79 Å². The molecule has 0 unspecified atom stereocenters. The first-order valence-electron chi connectivity index (χ1n) is 9.87. The summed E-state index contributed by atoms with van der Waals surface area (Å²) in [6, 6.07) is 16.1. The molecule has 2 N–H and O–H groups in total. The molecule has 4 rings (SSSR count). The Morgan fingerprint density at radius 1 is 1.21 bits per heavy atom. The maximum absolute atomic E-state index is 13.4. The van der Waals surface area contributed by atoms with Crippen molar-refractivity contribution in [3.63, 3.8) is 0 Å². The van der Waals surface area contributed by atoms with E-state index in [4.69, 9.17) is 5.73 Å². The van der Waals surface area contributed by atoms with Gasteiger partial charge in [-0.15, -0.1) is 0 Å². The molecule has 0 aromatic heterocycles. The van der Waals surface area contributed by atoms with E-state index in [1.807, 2.05) is 43.0 Å². The maximum atomic E-state index is 13.4. The van der Waals surface area contributed by atoms with Crippen molar-refractivity contribution in [3.05, 3.63) is 59.2 Å². The Morgan fingerprint density at radius 3 is 2.75 bits per heavy atom. The Bertz CT molecular complexity index is 959. The van der Waals surface area contributed by atoms with Crippen molar-refractivity contribution in [2.24, 2.45) is 5.73 Å². The molecule has 1 amide bonds. The van der Waals surface area contributed by atoms with Crippen LogP contribution in [0.15, 0.2) is 42.5 Å². The van der Waals surface area contributed by atoms with Crippen molar-refractivity contribution in [2.75, 3.05) is 22.9 Å². The van der Waals surface area contributed by atoms with Crippen LogP contribution < -0.4 is 15.5 Å². The number of nitriles is 1. The highest BCUT2D eigenvalue weighted by Gasteiger charge is 2.45. The number of amides is 1. The second-order valence-electron chi connectivity index (χ2n) is 8.31. The molecule has 2 aromatic carbocycles. The van der Waals surface area contributed by atoms with Crippen LogP contribution in [-0.2, 0) is 16.8 Å². The summed E-state index contributed by atoms with van der Waals surface area (Å²) in [5.74, 6) is 0.0731. The molecular formula is C23H26N4O. The smallest absolute Gasteiger partial charge is 0.237 e. The molecule has 2 aliphatic rings. The lowest BCUT2D eigenvalue weighted by atomic mass is 9.86. The summed E-state index contributed by atoms with van der Waals surface area (Å²) in [5.41, 5.74) is 10.2. The maximum Gasteiger partial charge on any atom is 0.237 e. The molecule has 28 heavy (non-hydrogen) atoms. The summed E-state index contributed by atoms with van der Waals surface area (Å²) in [7, 11) is 0. The standard InChI is InChI=1S/C23H26N4O/c1-23(2)19-10-5-11-20(26-12-6-9-18(25)15-26)21(19)27(22(23)28)14-17-8-4-3-7-16(17)13-24/h3-5,7-8,10-11,18H,6,9,12,14-15,25H2,1-2H3/t18-/m1/s1. The fraction of sp³-hybridized carbons (Fsp3) is 0.391. The molecule has 2 heterocycles. The lowest BCUT2D eigenvalue weighted by Crippen LogP contribution is -2.43. The van der Waals surface area contributed by atoms with Gasteiger partial charge in [0.15, 0.2) is 0 Å². The lowest BCUT2D eigenvalue weighted by Gasteiger charge is -2.35. The van der Waals surface area contributed by atoms with Crippen LogP contribution in [0.1, 0.15) is 43.4 Å². The molecule has 0 radical (unpaired) electrons. The molecule has 1 saturated heterocycles. The highest BCUT2D eigenvalue weighted by Crippen LogP contribution is 2.47. The number of piperidine rings is 1. The fourth-order valence-electron chi connectivity index (χ4n) is 4.45. The van der Waals surface area contributed by atoms with Crippen LogP contribution in [0.2, 0.25) is 0 Å². The molecule has 0 spiro atoms. The summed E-state index contributed by atoms with van der Waals surface area (Å²) in [5, 5.41) is 9.47. The van der Waals surface area contributed by atoms with Gasteiger partial charge >= 0.3 is 0 Å². The highest BCUT2D eigenvalue weighted by molar-refractivity contribution is 6.10. The molecule has 2 aromatic rings.